The zero-order valence-corrected chi connectivity index (χ0v) is 20.0. The van der Waals surface area contributed by atoms with Gasteiger partial charge in [-0.3, -0.25) is 4.79 Å². The molecule has 2 aliphatic rings. The smallest absolute Gasteiger partial charge is 0.252 e. The number of piperazine rings is 1. The van der Waals surface area contributed by atoms with Crippen LogP contribution < -0.4 is 4.74 Å². The molecule has 0 N–H and O–H groups in total. The lowest BCUT2D eigenvalue weighted by molar-refractivity contribution is -0.135. The fourth-order valence-electron chi connectivity index (χ4n) is 4.05. The highest BCUT2D eigenvalue weighted by Crippen LogP contribution is 2.29. The number of sulfonamides is 2. The van der Waals surface area contributed by atoms with Gasteiger partial charge in [0.2, 0.25) is 15.9 Å². The van der Waals surface area contributed by atoms with Crippen molar-refractivity contribution >= 4 is 37.3 Å². The number of rotatable bonds is 6. The molecule has 12 heteroatoms. The second-order valence-corrected chi connectivity index (χ2v) is 12.6. The van der Waals surface area contributed by atoms with Gasteiger partial charge in [0.25, 0.3) is 10.0 Å². The summed E-state index contributed by atoms with van der Waals surface area (Å²) in [5.74, 6) is 0.279. The van der Waals surface area contributed by atoms with Crippen LogP contribution >= 0.6 is 11.3 Å². The molecule has 0 aliphatic carbocycles. The van der Waals surface area contributed by atoms with Gasteiger partial charge < -0.3 is 9.64 Å². The molecule has 2 aliphatic heterocycles. The molecule has 3 heterocycles. The van der Waals surface area contributed by atoms with Crippen molar-refractivity contribution < 1.29 is 26.4 Å². The van der Waals surface area contributed by atoms with Crippen molar-refractivity contribution in [3.05, 3.63) is 41.8 Å². The summed E-state index contributed by atoms with van der Waals surface area (Å²) in [4.78, 5) is 14.9. The SMILES string of the molecule is COc1ccc(S(=O)(=O)N2CCC[C@H]2C(=O)N2CCN(S(=O)(=O)c3cccs3)CC2)cc1. The van der Waals surface area contributed by atoms with Crippen LogP contribution in [-0.2, 0) is 24.8 Å². The maximum Gasteiger partial charge on any atom is 0.252 e. The Morgan fingerprint density at radius 3 is 2.25 bits per heavy atom. The summed E-state index contributed by atoms with van der Waals surface area (Å²) < 4.78 is 59.8. The van der Waals surface area contributed by atoms with Crippen molar-refractivity contribution in [1.29, 1.82) is 0 Å². The van der Waals surface area contributed by atoms with E-state index in [4.69, 9.17) is 4.74 Å². The number of methoxy groups -OCH3 is 1. The standard InChI is InChI=1S/C20H25N3O6S3/c1-29-16-6-8-17(9-7-16)31(25,26)23-10-2-4-18(23)20(24)21-11-13-22(14-12-21)32(27,28)19-5-3-15-30-19/h3,5-9,15,18H,2,4,10-14H2,1H3/t18-/m0/s1. The predicted molar refractivity (Wildman–Crippen MR) is 120 cm³/mol. The zero-order chi connectivity index (χ0) is 22.9. The Bertz CT molecular complexity index is 1160. The van der Waals surface area contributed by atoms with Crippen LogP contribution in [0.4, 0.5) is 0 Å². The second-order valence-electron chi connectivity index (χ2n) is 7.61. The highest BCUT2D eigenvalue weighted by molar-refractivity contribution is 7.91. The number of nitrogens with zero attached hydrogens (tertiary/aromatic N) is 3. The Balaban J connectivity index is 1.45. The Labute approximate surface area is 192 Å². The van der Waals surface area contributed by atoms with E-state index in [1.165, 1.54) is 27.9 Å². The van der Waals surface area contributed by atoms with Gasteiger partial charge in [-0.05, 0) is 48.6 Å². The molecule has 2 fully saturated rings. The van der Waals surface area contributed by atoms with Crippen molar-refractivity contribution in [2.45, 2.75) is 28.0 Å². The minimum absolute atomic E-state index is 0.116. The molecule has 0 radical (unpaired) electrons. The number of thiophene rings is 1. The van der Waals surface area contributed by atoms with Crippen molar-refractivity contribution in [2.75, 3.05) is 39.8 Å². The summed E-state index contributed by atoms with van der Waals surface area (Å²) in [6, 6.07) is 8.58. The molecule has 0 saturated carbocycles. The van der Waals surface area contributed by atoms with Crippen molar-refractivity contribution in [3.63, 3.8) is 0 Å². The van der Waals surface area contributed by atoms with E-state index < -0.39 is 26.1 Å². The fraction of sp³-hybridized carbons (Fsp3) is 0.450. The Morgan fingerprint density at radius 1 is 0.969 bits per heavy atom. The maximum atomic E-state index is 13.2. The molecule has 174 valence electrons. The van der Waals surface area contributed by atoms with Gasteiger partial charge in [-0.1, -0.05) is 6.07 Å². The second kappa shape index (κ2) is 9.10. The number of benzene rings is 1. The lowest BCUT2D eigenvalue weighted by Gasteiger charge is -2.36. The average molecular weight is 500 g/mol. The highest BCUT2D eigenvalue weighted by Gasteiger charge is 2.42. The van der Waals surface area contributed by atoms with E-state index in [2.05, 4.69) is 0 Å². The Kier molecular flexibility index (Phi) is 6.59. The molecule has 0 unspecified atom stereocenters. The van der Waals surface area contributed by atoms with Crippen LogP contribution in [0.25, 0.3) is 0 Å². The van der Waals surface area contributed by atoms with Gasteiger partial charge in [0, 0.05) is 32.7 Å². The molecular weight excluding hydrogens is 474 g/mol. The molecule has 1 aromatic carbocycles. The lowest BCUT2D eigenvalue weighted by Crippen LogP contribution is -2.55. The van der Waals surface area contributed by atoms with Crippen LogP contribution in [0.1, 0.15) is 12.8 Å². The summed E-state index contributed by atoms with van der Waals surface area (Å²) in [7, 11) is -5.90. The van der Waals surface area contributed by atoms with E-state index in [9.17, 15) is 21.6 Å². The van der Waals surface area contributed by atoms with E-state index >= 15 is 0 Å². The summed E-state index contributed by atoms with van der Waals surface area (Å²) in [6.07, 6.45) is 1.04. The van der Waals surface area contributed by atoms with Gasteiger partial charge in [-0.2, -0.15) is 8.61 Å². The monoisotopic (exact) mass is 499 g/mol. The van der Waals surface area contributed by atoms with Crippen molar-refractivity contribution in [2.24, 2.45) is 0 Å². The molecule has 1 amide bonds. The number of ether oxygens (including phenoxy) is 1. The zero-order valence-electron chi connectivity index (χ0n) is 17.6. The van der Waals surface area contributed by atoms with E-state index in [0.717, 1.165) is 11.3 Å². The molecule has 1 aromatic heterocycles. The largest absolute Gasteiger partial charge is 0.497 e. The first-order chi connectivity index (χ1) is 15.2. The molecule has 9 nitrogen and oxygen atoms in total. The summed E-state index contributed by atoms with van der Waals surface area (Å²) in [6.45, 7) is 1.11. The number of carbonyl (C=O) groups excluding carboxylic acids is 1. The summed E-state index contributed by atoms with van der Waals surface area (Å²) in [5.41, 5.74) is 0. The molecule has 1 atom stereocenters. The summed E-state index contributed by atoms with van der Waals surface area (Å²) >= 11 is 1.16. The van der Waals surface area contributed by atoms with E-state index in [1.54, 1.807) is 34.5 Å². The molecular formula is C20H25N3O6S3. The van der Waals surface area contributed by atoms with Crippen LogP contribution in [-0.4, -0.2) is 82.1 Å². The number of hydrogen-bond donors (Lipinski definition) is 0. The third kappa shape index (κ3) is 4.29. The number of carbonyl (C=O) groups is 1. The van der Waals surface area contributed by atoms with Gasteiger partial charge in [0.15, 0.2) is 0 Å². The molecule has 4 rings (SSSR count). The van der Waals surface area contributed by atoms with Crippen molar-refractivity contribution in [3.8, 4) is 5.75 Å². The Hall–Kier alpha value is -1.99. The predicted octanol–water partition coefficient (Wildman–Crippen LogP) is 1.44. The van der Waals surface area contributed by atoms with Gasteiger partial charge in [-0.25, -0.2) is 16.8 Å². The topological polar surface area (TPSA) is 104 Å². The highest BCUT2D eigenvalue weighted by atomic mass is 32.2. The quantitative estimate of drug-likeness (QED) is 0.596. The first-order valence-corrected chi connectivity index (χ1v) is 14.0. The fourth-order valence-corrected chi connectivity index (χ4v) is 8.27. The van der Waals surface area contributed by atoms with Crippen molar-refractivity contribution in [1.82, 2.24) is 13.5 Å². The molecule has 0 bridgehead atoms. The van der Waals surface area contributed by atoms with Crippen LogP contribution in [0.2, 0.25) is 0 Å². The molecule has 2 saturated heterocycles. The molecule has 0 spiro atoms. The van der Waals surface area contributed by atoms with E-state index in [0.29, 0.717) is 18.6 Å². The van der Waals surface area contributed by atoms with Crippen LogP contribution in [0, 0.1) is 0 Å². The third-order valence-corrected chi connectivity index (χ3v) is 11.0. The van der Waals surface area contributed by atoms with Crippen LogP contribution in [0.15, 0.2) is 50.9 Å². The maximum absolute atomic E-state index is 13.2. The molecule has 32 heavy (non-hydrogen) atoms. The van der Waals surface area contributed by atoms with Gasteiger partial charge in [0.05, 0.1) is 12.0 Å². The first kappa shape index (κ1) is 23.2. The number of hydrogen-bond acceptors (Lipinski definition) is 7. The van der Waals surface area contributed by atoms with Gasteiger partial charge in [-0.15, -0.1) is 11.3 Å². The average Bonchev–Trinajstić information content (AvgIpc) is 3.52. The molecule has 2 aromatic rings. The first-order valence-electron chi connectivity index (χ1n) is 10.2. The lowest BCUT2D eigenvalue weighted by atomic mass is 10.2. The Morgan fingerprint density at radius 2 is 1.66 bits per heavy atom. The normalized spacial score (nSPS) is 21.0. The van der Waals surface area contributed by atoms with Gasteiger partial charge in [0.1, 0.15) is 16.0 Å². The summed E-state index contributed by atoms with van der Waals surface area (Å²) in [5, 5.41) is 1.71. The third-order valence-electron chi connectivity index (χ3n) is 5.79. The number of amides is 1. The minimum atomic E-state index is -3.83. The van der Waals surface area contributed by atoms with E-state index in [1.807, 2.05) is 0 Å². The van der Waals surface area contributed by atoms with Gasteiger partial charge >= 0.3 is 0 Å². The van der Waals surface area contributed by atoms with Crippen LogP contribution in [0.5, 0.6) is 5.75 Å². The van der Waals surface area contributed by atoms with E-state index in [-0.39, 0.29) is 47.7 Å². The minimum Gasteiger partial charge on any atom is -0.497 e. The van der Waals surface area contributed by atoms with Crippen LogP contribution in [0.3, 0.4) is 0 Å².